The molecule has 0 aliphatic carbocycles. The summed E-state index contributed by atoms with van der Waals surface area (Å²) < 4.78 is 27.1. The number of hydrogen-bond acceptors (Lipinski definition) is 4. The molecular weight excluding hydrogens is 386 g/mol. The Kier molecular flexibility index (Phi) is 5.05. The van der Waals surface area contributed by atoms with Gasteiger partial charge in [0.25, 0.3) is 5.91 Å². The van der Waals surface area contributed by atoms with Gasteiger partial charge in [0, 0.05) is 31.7 Å². The third kappa shape index (κ3) is 3.73. The lowest BCUT2D eigenvalue weighted by molar-refractivity contribution is 0.0698. The zero-order chi connectivity index (χ0) is 20.4. The SMILES string of the molecule is N#Cc1cccc(S(=O)(=O)N2CCN(C(=O)c3ccc4ccccc4c3)CC2)c1. The minimum absolute atomic E-state index is 0.0979. The Balaban J connectivity index is 1.48. The van der Waals surface area contributed by atoms with Crippen molar-refractivity contribution in [3.63, 3.8) is 0 Å². The highest BCUT2D eigenvalue weighted by molar-refractivity contribution is 7.89. The largest absolute Gasteiger partial charge is 0.336 e. The van der Waals surface area contributed by atoms with Crippen LogP contribution in [0.4, 0.5) is 0 Å². The predicted molar refractivity (Wildman–Crippen MR) is 110 cm³/mol. The van der Waals surface area contributed by atoms with Crippen LogP contribution in [-0.4, -0.2) is 49.7 Å². The van der Waals surface area contributed by atoms with Crippen molar-refractivity contribution >= 4 is 26.7 Å². The van der Waals surface area contributed by atoms with Gasteiger partial charge < -0.3 is 4.90 Å². The second-order valence-electron chi connectivity index (χ2n) is 6.90. The molecule has 0 atom stereocenters. The van der Waals surface area contributed by atoms with Crippen LogP contribution in [0.1, 0.15) is 15.9 Å². The molecule has 146 valence electrons. The van der Waals surface area contributed by atoms with E-state index < -0.39 is 10.0 Å². The highest BCUT2D eigenvalue weighted by Crippen LogP contribution is 2.21. The standard InChI is InChI=1S/C22H19N3O3S/c23-16-17-4-3-7-21(14-17)29(27,28)25-12-10-24(11-13-25)22(26)20-9-8-18-5-1-2-6-19(18)15-20/h1-9,14-15H,10-13H2. The topological polar surface area (TPSA) is 81.5 Å². The van der Waals surface area contributed by atoms with Crippen LogP contribution >= 0.6 is 0 Å². The normalized spacial score (nSPS) is 15.2. The summed E-state index contributed by atoms with van der Waals surface area (Å²) in [6.07, 6.45) is 0. The maximum absolute atomic E-state index is 12.9. The number of benzene rings is 3. The zero-order valence-corrected chi connectivity index (χ0v) is 16.5. The number of amides is 1. The first-order valence-electron chi connectivity index (χ1n) is 9.27. The van der Waals surface area contributed by atoms with Gasteiger partial charge in [-0.2, -0.15) is 9.57 Å². The van der Waals surface area contributed by atoms with E-state index in [1.807, 2.05) is 42.5 Å². The summed E-state index contributed by atoms with van der Waals surface area (Å²) >= 11 is 0. The molecule has 1 fully saturated rings. The summed E-state index contributed by atoms with van der Waals surface area (Å²) in [6, 6.07) is 21.4. The molecule has 1 aliphatic rings. The van der Waals surface area contributed by atoms with Crippen molar-refractivity contribution in [1.82, 2.24) is 9.21 Å². The minimum atomic E-state index is -3.69. The van der Waals surface area contributed by atoms with Gasteiger partial charge in [-0.25, -0.2) is 8.42 Å². The molecule has 0 unspecified atom stereocenters. The van der Waals surface area contributed by atoms with Gasteiger partial charge in [0.05, 0.1) is 16.5 Å². The van der Waals surface area contributed by atoms with Crippen LogP contribution in [0.15, 0.2) is 71.6 Å². The zero-order valence-electron chi connectivity index (χ0n) is 15.7. The number of sulfonamides is 1. The Morgan fingerprint density at radius 1 is 0.862 bits per heavy atom. The molecule has 6 nitrogen and oxygen atoms in total. The summed E-state index contributed by atoms with van der Waals surface area (Å²) in [5.41, 5.74) is 0.901. The van der Waals surface area contributed by atoms with Crippen molar-refractivity contribution in [3.05, 3.63) is 77.9 Å². The monoisotopic (exact) mass is 405 g/mol. The summed E-state index contributed by atoms with van der Waals surface area (Å²) in [4.78, 5) is 14.7. The second kappa shape index (κ2) is 7.66. The van der Waals surface area contributed by atoms with Crippen molar-refractivity contribution < 1.29 is 13.2 Å². The van der Waals surface area contributed by atoms with E-state index in [0.29, 0.717) is 24.2 Å². The molecule has 7 heteroatoms. The van der Waals surface area contributed by atoms with E-state index in [0.717, 1.165) is 10.8 Å². The molecular formula is C22H19N3O3S. The number of nitriles is 1. The smallest absolute Gasteiger partial charge is 0.253 e. The van der Waals surface area contributed by atoms with Gasteiger partial charge in [-0.3, -0.25) is 4.79 Å². The lowest BCUT2D eigenvalue weighted by Crippen LogP contribution is -2.50. The molecule has 0 aromatic heterocycles. The van der Waals surface area contributed by atoms with E-state index in [-0.39, 0.29) is 23.9 Å². The van der Waals surface area contributed by atoms with Crippen molar-refractivity contribution in [2.24, 2.45) is 0 Å². The number of carbonyl (C=O) groups is 1. The fourth-order valence-corrected chi connectivity index (χ4v) is 4.98. The first-order chi connectivity index (χ1) is 14.0. The molecule has 1 saturated heterocycles. The van der Waals surface area contributed by atoms with Crippen LogP contribution in [0.25, 0.3) is 10.8 Å². The Hall–Kier alpha value is -3.21. The molecule has 29 heavy (non-hydrogen) atoms. The number of fused-ring (bicyclic) bond motifs is 1. The van der Waals surface area contributed by atoms with Crippen LogP contribution < -0.4 is 0 Å². The third-order valence-corrected chi connectivity index (χ3v) is 7.02. The number of carbonyl (C=O) groups excluding carboxylic acids is 1. The first-order valence-corrected chi connectivity index (χ1v) is 10.7. The van der Waals surface area contributed by atoms with Gasteiger partial charge in [0.15, 0.2) is 0 Å². The van der Waals surface area contributed by atoms with E-state index in [2.05, 4.69) is 0 Å². The number of nitrogens with zero attached hydrogens (tertiary/aromatic N) is 3. The lowest BCUT2D eigenvalue weighted by atomic mass is 10.1. The van der Waals surface area contributed by atoms with Crippen molar-refractivity contribution in [2.45, 2.75) is 4.90 Å². The summed E-state index contributed by atoms with van der Waals surface area (Å²) in [5, 5.41) is 11.1. The van der Waals surface area contributed by atoms with E-state index in [4.69, 9.17) is 5.26 Å². The molecule has 3 aromatic carbocycles. The Morgan fingerprint density at radius 3 is 2.31 bits per heavy atom. The molecule has 0 bridgehead atoms. The number of rotatable bonds is 3. The van der Waals surface area contributed by atoms with E-state index in [1.54, 1.807) is 23.1 Å². The highest BCUT2D eigenvalue weighted by atomic mass is 32.2. The Labute approximate surface area is 169 Å². The predicted octanol–water partition coefficient (Wildman–Crippen LogP) is 2.86. The third-order valence-electron chi connectivity index (χ3n) is 5.12. The fraction of sp³-hybridized carbons (Fsp3) is 0.182. The lowest BCUT2D eigenvalue weighted by Gasteiger charge is -2.34. The number of piperazine rings is 1. The fourth-order valence-electron chi connectivity index (χ4n) is 3.51. The van der Waals surface area contributed by atoms with Crippen LogP contribution in [-0.2, 0) is 10.0 Å². The van der Waals surface area contributed by atoms with Gasteiger partial charge in [-0.1, -0.05) is 36.4 Å². The van der Waals surface area contributed by atoms with E-state index in [1.165, 1.54) is 16.4 Å². The van der Waals surface area contributed by atoms with Gasteiger partial charge in [0.2, 0.25) is 10.0 Å². The summed E-state index contributed by atoms with van der Waals surface area (Å²) in [5.74, 6) is -0.0979. The molecule has 1 aliphatic heterocycles. The van der Waals surface area contributed by atoms with Gasteiger partial charge in [-0.05, 0) is 41.1 Å². The Bertz CT molecular complexity index is 1220. The van der Waals surface area contributed by atoms with E-state index in [9.17, 15) is 13.2 Å². The first kappa shape index (κ1) is 19.1. The summed E-state index contributed by atoms with van der Waals surface area (Å²) in [7, 11) is -3.69. The molecule has 0 radical (unpaired) electrons. The van der Waals surface area contributed by atoms with Gasteiger partial charge in [0.1, 0.15) is 0 Å². The van der Waals surface area contributed by atoms with Crippen LogP contribution in [0, 0.1) is 11.3 Å². The molecule has 1 amide bonds. The van der Waals surface area contributed by atoms with Crippen molar-refractivity contribution in [3.8, 4) is 6.07 Å². The molecule has 3 aromatic rings. The van der Waals surface area contributed by atoms with Crippen LogP contribution in [0.5, 0.6) is 0 Å². The van der Waals surface area contributed by atoms with Crippen molar-refractivity contribution in [2.75, 3.05) is 26.2 Å². The van der Waals surface area contributed by atoms with Crippen LogP contribution in [0.2, 0.25) is 0 Å². The highest BCUT2D eigenvalue weighted by Gasteiger charge is 2.30. The van der Waals surface area contributed by atoms with Gasteiger partial charge >= 0.3 is 0 Å². The summed E-state index contributed by atoms with van der Waals surface area (Å²) in [6.45, 7) is 1.09. The molecule has 4 rings (SSSR count). The number of hydrogen-bond donors (Lipinski definition) is 0. The maximum Gasteiger partial charge on any atom is 0.253 e. The Morgan fingerprint density at radius 2 is 1.59 bits per heavy atom. The van der Waals surface area contributed by atoms with Gasteiger partial charge in [-0.15, -0.1) is 0 Å². The quantitative estimate of drug-likeness (QED) is 0.671. The van der Waals surface area contributed by atoms with Crippen molar-refractivity contribution in [1.29, 1.82) is 5.26 Å². The van der Waals surface area contributed by atoms with Crippen LogP contribution in [0.3, 0.4) is 0 Å². The molecule has 0 spiro atoms. The van der Waals surface area contributed by atoms with E-state index >= 15 is 0 Å². The molecule has 1 heterocycles. The minimum Gasteiger partial charge on any atom is -0.336 e. The average Bonchev–Trinajstić information content (AvgIpc) is 2.78. The maximum atomic E-state index is 12.9. The molecule has 0 saturated carbocycles. The molecule has 0 N–H and O–H groups in total. The second-order valence-corrected chi connectivity index (χ2v) is 8.84. The average molecular weight is 405 g/mol.